The Hall–Kier alpha value is -0.730. The fourth-order valence-electron chi connectivity index (χ4n) is 2.76. The summed E-state index contributed by atoms with van der Waals surface area (Å²) in [5.41, 5.74) is 3.55. The van der Waals surface area contributed by atoms with Crippen LogP contribution in [-0.4, -0.2) is 20.2 Å². The highest BCUT2D eigenvalue weighted by Crippen LogP contribution is 2.33. The molecular weight excluding hydrogens is 246 g/mol. The van der Waals surface area contributed by atoms with Crippen LogP contribution in [0.4, 0.5) is 0 Å². The molecule has 1 aromatic rings. The van der Waals surface area contributed by atoms with Crippen LogP contribution in [-0.2, 0) is 6.42 Å². The fourth-order valence-corrected chi connectivity index (χ4v) is 2.93. The molecule has 1 aromatic carbocycles. The van der Waals surface area contributed by atoms with Gasteiger partial charge in [0.2, 0.25) is 0 Å². The van der Waals surface area contributed by atoms with Gasteiger partial charge in [0.05, 0.1) is 7.11 Å². The normalized spacial score (nSPS) is 19.2. The zero-order chi connectivity index (χ0) is 13.1. The molecule has 1 atom stereocenters. The van der Waals surface area contributed by atoms with E-state index in [0.29, 0.717) is 0 Å². The summed E-state index contributed by atoms with van der Waals surface area (Å²) in [6.45, 7) is 6.44. The van der Waals surface area contributed by atoms with Crippen molar-refractivity contribution in [3.63, 3.8) is 0 Å². The molecule has 0 amide bonds. The highest BCUT2D eigenvalue weighted by Gasteiger charge is 2.17. The SMILES string of the molecule is COc1cc(C)c(Cl)c(C)c1CCC1CCNC1. The molecule has 2 rings (SSSR count). The number of benzene rings is 1. The van der Waals surface area contributed by atoms with Crippen molar-refractivity contribution in [2.75, 3.05) is 20.2 Å². The van der Waals surface area contributed by atoms with Crippen LogP contribution in [0.5, 0.6) is 5.75 Å². The Morgan fingerprint density at radius 1 is 1.44 bits per heavy atom. The largest absolute Gasteiger partial charge is 0.496 e. The van der Waals surface area contributed by atoms with Gasteiger partial charge < -0.3 is 10.1 Å². The molecule has 0 saturated carbocycles. The molecule has 1 unspecified atom stereocenters. The minimum Gasteiger partial charge on any atom is -0.496 e. The molecule has 1 N–H and O–H groups in total. The average Bonchev–Trinajstić information content (AvgIpc) is 2.87. The number of hydrogen-bond donors (Lipinski definition) is 1. The Balaban J connectivity index is 2.17. The highest BCUT2D eigenvalue weighted by molar-refractivity contribution is 6.32. The molecule has 3 heteroatoms. The van der Waals surface area contributed by atoms with E-state index in [-0.39, 0.29) is 0 Å². The third-order valence-corrected chi connectivity index (χ3v) is 4.54. The van der Waals surface area contributed by atoms with Crippen molar-refractivity contribution in [3.8, 4) is 5.75 Å². The van der Waals surface area contributed by atoms with E-state index in [1.807, 2.05) is 6.92 Å². The van der Waals surface area contributed by atoms with Gasteiger partial charge >= 0.3 is 0 Å². The first kappa shape index (κ1) is 13.7. The molecular formula is C15H22ClNO. The van der Waals surface area contributed by atoms with Gasteiger partial charge in [0, 0.05) is 5.02 Å². The van der Waals surface area contributed by atoms with Crippen LogP contribution in [0, 0.1) is 19.8 Å². The third kappa shape index (κ3) is 2.81. The van der Waals surface area contributed by atoms with E-state index in [9.17, 15) is 0 Å². The molecule has 1 aliphatic heterocycles. The molecule has 2 nitrogen and oxygen atoms in total. The topological polar surface area (TPSA) is 21.3 Å². The van der Waals surface area contributed by atoms with Crippen molar-refractivity contribution in [1.29, 1.82) is 0 Å². The summed E-state index contributed by atoms with van der Waals surface area (Å²) < 4.78 is 5.50. The molecule has 0 bridgehead atoms. The Morgan fingerprint density at radius 3 is 2.83 bits per heavy atom. The minimum atomic E-state index is 0.800. The monoisotopic (exact) mass is 267 g/mol. The molecule has 1 heterocycles. The average molecular weight is 268 g/mol. The Bertz CT molecular complexity index is 425. The lowest BCUT2D eigenvalue weighted by Crippen LogP contribution is -2.10. The zero-order valence-electron chi connectivity index (χ0n) is 11.5. The number of ether oxygens (including phenoxy) is 1. The Morgan fingerprint density at radius 2 is 2.22 bits per heavy atom. The number of aryl methyl sites for hydroxylation is 1. The van der Waals surface area contributed by atoms with Crippen molar-refractivity contribution in [3.05, 3.63) is 27.8 Å². The lowest BCUT2D eigenvalue weighted by molar-refractivity contribution is 0.406. The molecule has 0 aromatic heterocycles. The number of rotatable bonds is 4. The van der Waals surface area contributed by atoms with Gasteiger partial charge in [-0.1, -0.05) is 11.6 Å². The molecule has 1 fully saturated rings. The van der Waals surface area contributed by atoms with E-state index in [0.717, 1.165) is 41.8 Å². The molecule has 0 spiro atoms. The summed E-state index contributed by atoms with van der Waals surface area (Å²) in [7, 11) is 1.74. The third-order valence-electron chi connectivity index (χ3n) is 3.96. The molecule has 0 aliphatic carbocycles. The maximum absolute atomic E-state index is 6.34. The second-order valence-corrected chi connectivity index (χ2v) is 5.59. The summed E-state index contributed by atoms with van der Waals surface area (Å²) >= 11 is 6.34. The predicted molar refractivity (Wildman–Crippen MR) is 76.8 cm³/mol. The molecule has 1 aliphatic rings. The van der Waals surface area contributed by atoms with Gasteiger partial charge in [-0.3, -0.25) is 0 Å². The fraction of sp³-hybridized carbons (Fsp3) is 0.600. The van der Waals surface area contributed by atoms with Crippen molar-refractivity contribution in [1.82, 2.24) is 5.32 Å². The maximum Gasteiger partial charge on any atom is 0.122 e. The van der Waals surface area contributed by atoms with Crippen molar-refractivity contribution in [2.24, 2.45) is 5.92 Å². The molecule has 100 valence electrons. The first-order chi connectivity index (χ1) is 8.63. The Labute approximate surface area is 115 Å². The highest BCUT2D eigenvalue weighted by atomic mass is 35.5. The van der Waals surface area contributed by atoms with E-state index >= 15 is 0 Å². The van der Waals surface area contributed by atoms with E-state index < -0.39 is 0 Å². The summed E-state index contributed by atoms with van der Waals surface area (Å²) in [4.78, 5) is 0. The lowest BCUT2D eigenvalue weighted by atomic mass is 9.94. The van der Waals surface area contributed by atoms with Gasteiger partial charge in [-0.25, -0.2) is 0 Å². The van der Waals surface area contributed by atoms with Crippen LogP contribution < -0.4 is 10.1 Å². The summed E-state index contributed by atoms with van der Waals surface area (Å²) in [5, 5.41) is 4.30. The molecule has 1 saturated heterocycles. The van der Waals surface area contributed by atoms with Crippen LogP contribution in [0.1, 0.15) is 29.5 Å². The van der Waals surface area contributed by atoms with Crippen LogP contribution in [0.3, 0.4) is 0 Å². The summed E-state index contributed by atoms with van der Waals surface area (Å²) in [5.74, 6) is 1.79. The molecule has 18 heavy (non-hydrogen) atoms. The van der Waals surface area contributed by atoms with Gasteiger partial charge in [0.25, 0.3) is 0 Å². The van der Waals surface area contributed by atoms with Gasteiger partial charge in [0.1, 0.15) is 5.75 Å². The number of hydrogen-bond acceptors (Lipinski definition) is 2. The van der Waals surface area contributed by atoms with E-state index in [4.69, 9.17) is 16.3 Å². The second kappa shape index (κ2) is 5.94. The quantitative estimate of drug-likeness (QED) is 0.901. The van der Waals surface area contributed by atoms with Crippen LogP contribution in [0.15, 0.2) is 6.07 Å². The van der Waals surface area contributed by atoms with Crippen LogP contribution >= 0.6 is 11.6 Å². The number of halogens is 1. The summed E-state index contributed by atoms with van der Waals surface area (Å²) in [6.07, 6.45) is 3.56. The van der Waals surface area contributed by atoms with E-state index in [2.05, 4.69) is 18.3 Å². The summed E-state index contributed by atoms with van der Waals surface area (Å²) in [6, 6.07) is 2.05. The van der Waals surface area contributed by atoms with Gasteiger partial charge in [-0.2, -0.15) is 0 Å². The van der Waals surface area contributed by atoms with Gasteiger partial charge in [-0.15, -0.1) is 0 Å². The Kier molecular flexibility index (Phi) is 4.52. The van der Waals surface area contributed by atoms with Crippen molar-refractivity contribution < 1.29 is 4.74 Å². The minimum absolute atomic E-state index is 0.800. The van der Waals surface area contributed by atoms with Gasteiger partial charge in [-0.05, 0) is 74.9 Å². The predicted octanol–water partition coefficient (Wildman–Crippen LogP) is 3.51. The van der Waals surface area contributed by atoms with E-state index in [1.165, 1.54) is 24.0 Å². The number of nitrogens with one attached hydrogen (secondary N) is 1. The van der Waals surface area contributed by atoms with Gasteiger partial charge in [0.15, 0.2) is 0 Å². The van der Waals surface area contributed by atoms with Crippen LogP contribution in [0.25, 0.3) is 0 Å². The smallest absolute Gasteiger partial charge is 0.122 e. The van der Waals surface area contributed by atoms with Crippen LogP contribution in [0.2, 0.25) is 5.02 Å². The van der Waals surface area contributed by atoms with E-state index in [1.54, 1.807) is 7.11 Å². The first-order valence-electron chi connectivity index (χ1n) is 6.66. The lowest BCUT2D eigenvalue weighted by Gasteiger charge is -2.16. The second-order valence-electron chi connectivity index (χ2n) is 5.21. The van der Waals surface area contributed by atoms with Crippen molar-refractivity contribution in [2.45, 2.75) is 33.1 Å². The zero-order valence-corrected chi connectivity index (χ0v) is 12.2. The first-order valence-corrected chi connectivity index (χ1v) is 7.04. The maximum atomic E-state index is 6.34. The molecule has 0 radical (unpaired) electrons. The number of methoxy groups -OCH3 is 1. The van der Waals surface area contributed by atoms with Crippen molar-refractivity contribution >= 4 is 11.6 Å². The standard InChI is InChI=1S/C15H22ClNO/c1-10-8-14(18-3)13(11(2)15(10)16)5-4-12-6-7-17-9-12/h8,12,17H,4-7,9H2,1-3H3.